The fourth-order valence-electron chi connectivity index (χ4n) is 2.50. The predicted octanol–water partition coefficient (Wildman–Crippen LogP) is 3.55. The van der Waals surface area contributed by atoms with Crippen molar-refractivity contribution in [1.29, 1.82) is 0 Å². The molecule has 1 unspecified atom stereocenters. The molecular weight excluding hydrogens is 330 g/mol. The van der Waals surface area contributed by atoms with Gasteiger partial charge in [0.2, 0.25) is 0 Å². The van der Waals surface area contributed by atoms with Gasteiger partial charge in [0.25, 0.3) is 0 Å². The second-order valence-electron chi connectivity index (χ2n) is 5.26. The Kier molecular flexibility index (Phi) is 4.51. The van der Waals surface area contributed by atoms with E-state index in [-0.39, 0.29) is 0 Å². The van der Waals surface area contributed by atoms with Crippen LogP contribution in [0.4, 0.5) is 0 Å². The minimum Gasteiger partial charge on any atom is -0.493 e. The van der Waals surface area contributed by atoms with Crippen molar-refractivity contribution in [3.8, 4) is 5.75 Å². The van der Waals surface area contributed by atoms with Crippen LogP contribution in [0.3, 0.4) is 0 Å². The first-order valence-corrected chi connectivity index (χ1v) is 7.95. The first-order chi connectivity index (χ1) is 10.2. The molecule has 5 heteroatoms. The molecule has 0 saturated carbocycles. The summed E-state index contributed by atoms with van der Waals surface area (Å²) < 4.78 is 6.88. The lowest BCUT2D eigenvalue weighted by Gasteiger charge is -2.18. The van der Waals surface area contributed by atoms with Crippen molar-refractivity contribution in [2.24, 2.45) is 0 Å². The lowest BCUT2D eigenvalue weighted by Crippen LogP contribution is -2.21. The summed E-state index contributed by atoms with van der Waals surface area (Å²) in [5.74, 6) is 0.967. The third-order valence-corrected chi connectivity index (χ3v) is 4.10. The van der Waals surface area contributed by atoms with E-state index in [0.29, 0.717) is 12.6 Å². The minimum absolute atomic E-state index is 0.290. The lowest BCUT2D eigenvalue weighted by atomic mass is 10.0. The van der Waals surface area contributed by atoms with E-state index in [4.69, 9.17) is 4.74 Å². The Morgan fingerprint density at radius 2 is 2.24 bits per heavy atom. The molecule has 1 aromatic carbocycles. The number of halogens is 1. The summed E-state index contributed by atoms with van der Waals surface area (Å²) in [4.78, 5) is 8.68. The normalized spacial score (nSPS) is 17.7. The Morgan fingerprint density at radius 3 is 3.05 bits per heavy atom. The van der Waals surface area contributed by atoms with Gasteiger partial charge in [0, 0.05) is 35.0 Å². The number of aryl methyl sites for hydroxylation is 1. The van der Waals surface area contributed by atoms with Crippen molar-refractivity contribution in [1.82, 2.24) is 15.3 Å². The molecule has 0 fully saturated rings. The highest BCUT2D eigenvalue weighted by atomic mass is 79.9. The second kappa shape index (κ2) is 6.54. The highest BCUT2D eigenvalue weighted by molar-refractivity contribution is 9.10. The van der Waals surface area contributed by atoms with Crippen molar-refractivity contribution < 1.29 is 4.74 Å². The van der Waals surface area contributed by atoms with Gasteiger partial charge in [-0.2, -0.15) is 0 Å². The van der Waals surface area contributed by atoms with Gasteiger partial charge < -0.3 is 10.1 Å². The van der Waals surface area contributed by atoms with E-state index in [9.17, 15) is 0 Å². The van der Waals surface area contributed by atoms with E-state index in [2.05, 4.69) is 43.3 Å². The van der Waals surface area contributed by atoms with Crippen molar-refractivity contribution in [3.05, 3.63) is 52.0 Å². The van der Waals surface area contributed by atoms with E-state index >= 15 is 0 Å². The smallest absolute Gasteiger partial charge is 0.125 e. The van der Waals surface area contributed by atoms with Crippen LogP contribution < -0.4 is 10.1 Å². The molecule has 0 bridgehead atoms. The Balaban J connectivity index is 1.74. The molecule has 1 aliphatic rings. The molecule has 3 rings (SSSR count). The first kappa shape index (κ1) is 14.5. The predicted molar refractivity (Wildman–Crippen MR) is 85.2 cm³/mol. The summed E-state index contributed by atoms with van der Waals surface area (Å²) in [5.41, 5.74) is 3.12. The quantitative estimate of drug-likeness (QED) is 0.922. The Bertz CT molecular complexity index is 615. The van der Waals surface area contributed by atoms with Gasteiger partial charge in [-0.1, -0.05) is 22.0 Å². The van der Waals surface area contributed by atoms with Gasteiger partial charge in [0.05, 0.1) is 18.0 Å². The summed E-state index contributed by atoms with van der Waals surface area (Å²) in [7, 11) is 0. The van der Waals surface area contributed by atoms with Crippen LogP contribution in [0.25, 0.3) is 0 Å². The zero-order chi connectivity index (χ0) is 14.7. The van der Waals surface area contributed by atoms with Crippen LogP contribution in [-0.4, -0.2) is 16.6 Å². The van der Waals surface area contributed by atoms with Crippen LogP contribution >= 0.6 is 15.9 Å². The van der Waals surface area contributed by atoms with Crippen molar-refractivity contribution >= 4 is 15.9 Å². The number of benzene rings is 1. The Labute approximate surface area is 133 Å². The van der Waals surface area contributed by atoms with Gasteiger partial charge in [-0.05, 0) is 31.9 Å². The molecule has 0 amide bonds. The maximum atomic E-state index is 5.83. The van der Waals surface area contributed by atoms with Gasteiger partial charge in [-0.3, -0.25) is 9.97 Å². The number of hydrogen-bond donors (Lipinski definition) is 1. The molecular formula is C16H18BrN3O. The summed E-state index contributed by atoms with van der Waals surface area (Å²) in [6, 6.07) is 6.52. The minimum atomic E-state index is 0.290. The molecule has 1 atom stereocenters. The molecule has 1 aromatic heterocycles. The highest BCUT2D eigenvalue weighted by Gasteiger charge is 2.19. The Hall–Kier alpha value is -1.46. The molecule has 0 saturated heterocycles. The van der Waals surface area contributed by atoms with Gasteiger partial charge in [-0.15, -0.1) is 0 Å². The van der Waals surface area contributed by atoms with Crippen LogP contribution in [0.15, 0.2) is 35.1 Å². The summed E-state index contributed by atoms with van der Waals surface area (Å²) in [6.07, 6.45) is 5.74. The fourth-order valence-corrected chi connectivity index (χ4v) is 2.84. The fraction of sp³-hybridized carbons (Fsp3) is 0.375. The highest BCUT2D eigenvalue weighted by Crippen LogP contribution is 2.33. The van der Waals surface area contributed by atoms with E-state index in [1.807, 2.05) is 19.2 Å². The van der Waals surface area contributed by atoms with Crippen molar-refractivity contribution in [2.75, 3.05) is 6.61 Å². The zero-order valence-electron chi connectivity index (χ0n) is 12.0. The van der Waals surface area contributed by atoms with Crippen LogP contribution in [0, 0.1) is 6.92 Å². The van der Waals surface area contributed by atoms with Crippen molar-refractivity contribution in [3.63, 3.8) is 0 Å². The third-order valence-electron chi connectivity index (χ3n) is 3.61. The van der Waals surface area contributed by atoms with E-state index < -0.39 is 0 Å². The third kappa shape index (κ3) is 3.60. The van der Waals surface area contributed by atoms with Gasteiger partial charge in [0.15, 0.2) is 0 Å². The summed E-state index contributed by atoms with van der Waals surface area (Å²) in [5, 5.41) is 3.58. The van der Waals surface area contributed by atoms with Crippen LogP contribution in [0.5, 0.6) is 5.75 Å². The number of nitrogens with one attached hydrogen (secondary N) is 1. The second-order valence-corrected chi connectivity index (χ2v) is 6.17. The SMILES string of the molecule is Cc1cnc(CNC2CCCOc3cc(Br)ccc32)cn1. The number of nitrogens with zero attached hydrogens (tertiary/aromatic N) is 2. The van der Waals surface area contributed by atoms with Crippen LogP contribution in [-0.2, 0) is 6.54 Å². The molecule has 0 aliphatic carbocycles. The lowest BCUT2D eigenvalue weighted by molar-refractivity contribution is 0.315. The average Bonchev–Trinajstić information content (AvgIpc) is 2.68. The molecule has 2 aromatic rings. The van der Waals surface area contributed by atoms with E-state index in [1.54, 1.807) is 6.20 Å². The zero-order valence-corrected chi connectivity index (χ0v) is 13.6. The van der Waals surface area contributed by atoms with E-state index in [1.165, 1.54) is 5.56 Å². The number of ether oxygens (including phenoxy) is 1. The molecule has 110 valence electrons. The first-order valence-electron chi connectivity index (χ1n) is 7.15. The monoisotopic (exact) mass is 347 g/mol. The number of aromatic nitrogens is 2. The topological polar surface area (TPSA) is 47.0 Å². The Morgan fingerprint density at radius 1 is 1.33 bits per heavy atom. The maximum absolute atomic E-state index is 5.83. The average molecular weight is 348 g/mol. The molecule has 0 spiro atoms. The molecule has 2 heterocycles. The molecule has 4 nitrogen and oxygen atoms in total. The maximum Gasteiger partial charge on any atom is 0.125 e. The van der Waals surface area contributed by atoms with Gasteiger partial charge in [-0.25, -0.2) is 0 Å². The summed E-state index contributed by atoms with van der Waals surface area (Å²) in [6.45, 7) is 3.43. The standard InChI is InChI=1S/C16H18BrN3O/c1-11-8-19-13(9-18-11)10-20-15-3-2-6-21-16-7-12(17)4-5-14(15)16/h4-5,7-9,15,20H,2-3,6,10H2,1H3. The summed E-state index contributed by atoms with van der Waals surface area (Å²) >= 11 is 3.50. The molecule has 21 heavy (non-hydrogen) atoms. The van der Waals surface area contributed by atoms with Crippen LogP contribution in [0.2, 0.25) is 0 Å². The van der Waals surface area contributed by atoms with Gasteiger partial charge >= 0.3 is 0 Å². The molecule has 0 radical (unpaired) electrons. The largest absolute Gasteiger partial charge is 0.493 e. The molecule has 1 N–H and O–H groups in total. The van der Waals surface area contributed by atoms with E-state index in [0.717, 1.165) is 41.1 Å². The number of rotatable bonds is 3. The van der Waals surface area contributed by atoms with Crippen molar-refractivity contribution in [2.45, 2.75) is 32.4 Å². The number of hydrogen-bond acceptors (Lipinski definition) is 4. The van der Waals surface area contributed by atoms with Crippen LogP contribution in [0.1, 0.15) is 35.8 Å². The van der Waals surface area contributed by atoms with Gasteiger partial charge in [0.1, 0.15) is 5.75 Å². The number of fused-ring (bicyclic) bond motifs is 1. The molecule has 1 aliphatic heterocycles.